The smallest absolute Gasteiger partial charge is 0.391 e. The van der Waals surface area contributed by atoms with E-state index in [0.29, 0.717) is 21.7 Å². The molecule has 0 amide bonds. The van der Waals surface area contributed by atoms with E-state index < -0.39 is 16.8 Å². The summed E-state index contributed by atoms with van der Waals surface area (Å²) < 4.78 is 39.8. The minimum absolute atomic E-state index is 0.0326. The largest absolute Gasteiger partial charge is 0.418 e. The van der Waals surface area contributed by atoms with Crippen molar-refractivity contribution in [2.24, 2.45) is 0 Å². The summed E-state index contributed by atoms with van der Waals surface area (Å²) in [5.41, 5.74) is 4.69. The Bertz CT molecular complexity index is 679. The quantitative estimate of drug-likeness (QED) is 0.809. The predicted octanol–water partition coefficient (Wildman–Crippen LogP) is 4.79. The number of nitrogen functional groups attached to an aromatic ring is 1. The number of aryl methyl sites for hydroxylation is 1. The van der Waals surface area contributed by atoms with Gasteiger partial charge in [-0.05, 0) is 30.7 Å². The van der Waals surface area contributed by atoms with Crippen molar-refractivity contribution >= 4 is 34.2 Å². The molecule has 2 nitrogen and oxygen atoms in total. The Balaban J connectivity index is 2.86. The third-order valence-corrected chi connectivity index (χ3v) is 4.11. The van der Waals surface area contributed by atoms with Crippen LogP contribution in [0.25, 0.3) is 10.4 Å². The first-order chi connectivity index (χ1) is 9.25. The topological polar surface area (TPSA) is 43.1 Å². The Kier molecular flexibility index (Phi) is 3.80. The second kappa shape index (κ2) is 5.10. The van der Waals surface area contributed by atoms with Crippen molar-refractivity contribution in [3.05, 3.63) is 39.9 Å². The molecule has 0 spiro atoms. The fourth-order valence-electron chi connectivity index (χ4n) is 1.98. The number of rotatable bonds is 2. The second-order valence-corrected chi connectivity index (χ2v) is 5.66. The lowest BCUT2D eigenvalue weighted by Crippen LogP contribution is -2.10. The molecule has 0 saturated carbocycles. The van der Waals surface area contributed by atoms with Crippen molar-refractivity contribution in [1.29, 1.82) is 0 Å². The van der Waals surface area contributed by atoms with Gasteiger partial charge in [0.25, 0.3) is 0 Å². The van der Waals surface area contributed by atoms with Crippen molar-refractivity contribution < 1.29 is 18.0 Å². The third-order valence-electron chi connectivity index (χ3n) is 2.77. The molecule has 0 saturated heterocycles. The number of hydrogen-bond acceptors (Lipinski definition) is 3. The SMILES string of the molecule is Cc1cc(C=O)c(Cl)c(C(F)(F)F)c1-c1ccc(N)s1. The van der Waals surface area contributed by atoms with Gasteiger partial charge in [0.15, 0.2) is 6.29 Å². The average molecular weight is 320 g/mol. The first-order valence-electron chi connectivity index (χ1n) is 5.47. The number of thiophene rings is 1. The molecule has 2 aromatic rings. The van der Waals surface area contributed by atoms with E-state index in [2.05, 4.69) is 0 Å². The summed E-state index contributed by atoms with van der Waals surface area (Å²) in [6, 6.07) is 4.38. The summed E-state index contributed by atoms with van der Waals surface area (Å²) in [4.78, 5) is 11.2. The molecule has 0 bridgehead atoms. The molecule has 1 aromatic carbocycles. The maximum absolute atomic E-state index is 13.3. The van der Waals surface area contributed by atoms with Crippen LogP contribution in [0.1, 0.15) is 21.5 Å². The Morgan fingerprint density at radius 1 is 1.35 bits per heavy atom. The summed E-state index contributed by atoms with van der Waals surface area (Å²) >= 11 is 6.79. The third kappa shape index (κ3) is 2.53. The predicted molar refractivity (Wildman–Crippen MR) is 74.3 cm³/mol. The molecule has 0 unspecified atom stereocenters. The molecular weight excluding hydrogens is 311 g/mol. The molecule has 2 rings (SSSR count). The number of hydrogen-bond donors (Lipinski definition) is 1. The van der Waals surface area contributed by atoms with Crippen LogP contribution in [0, 0.1) is 6.92 Å². The maximum Gasteiger partial charge on any atom is 0.418 e. The lowest BCUT2D eigenvalue weighted by Gasteiger charge is -2.17. The molecule has 0 atom stereocenters. The van der Waals surface area contributed by atoms with E-state index in [-0.39, 0.29) is 11.1 Å². The monoisotopic (exact) mass is 319 g/mol. The van der Waals surface area contributed by atoms with Gasteiger partial charge in [0.1, 0.15) is 0 Å². The molecule has 106 valence electrons. The summed E-state index contributed by atoms with van der Waals surface area (Å²) in [6.45, 7) is 1.50. The fraction of sp³-hybridized carbons (Fsp3) is 0.154. The summed E-state index contributed by atoms with van der Waals surface area (Å²) in [5, 5.41) is -0.178. The van der Waals surface area contributed by atoms with Crippen LogP contribution in [-0.4, -0.2) is 6.29 Å². The molecular formula is C13H9ClF3NOS. The first kappa shape index (κ1) is 14.9. The van der Waals surface area contributed by atoms with Gasteiger partial charge in [-0.15, -0.1) is 11.3 Å². The van der Waals surface area contributed by atoms with E-state index in [4.69, 9.17) is 17.3 Å². The fourth-order valence-corrected chi connectivity index (χ4v) is 3.17. The highest BCUT2D eigenvalue weighted by Crippen LogP contribution is 2.46. The standard InChI is InChI=1S/C13H9ClF3NOS/c1-6-4-7(5-19)12(14)11(13(15,16)17)10(6)8-2-3-9(18)20-8/h2-5H,18H2,1H3. The van der Waals surface area contributed by atoms with E-state index >= 15 is 0 Å². The lowest BCUT2D eigenvalue weighted by atomic mass is 9.97. The van der Waals surface area contributed by atoms with Crippen LogP contribution < -0.4 is 5.73 Å². The van der Waals surface area contributed by atoms with E-state index in [1.807, 2.05) is 0 Å². The van der Waals surface area contributed by atoms with Crippen LogP contribution in [-0.2, 0) is 6.18 Å². The van der Waals surface area contributed by atoms with Gasteiger partial charge in [0.05, 0.1) is 15.6 Å². The molecule has 0 aliphatic carbocycles. The van der Waals surface area contributed by atoms with Crippen LogP contribution in [0.4, 0.5) is 18.2 Å². The molecule has 0 aliphatic heterocycles. The number of carbonyl (C=O) groups excluding carboxylic acids is 1. The van der Waals surface area contributed by atoms with Crippen LogP contribution in [0.5, 0.6) is 0 Å². The van der Waals surface area contributed by atoms with E-state index in [1.54, 1.807) is 0 Å². The molecule has 0 radical (unpaired) electrons. The highest BCUT2D eigenvalue weighted by molar-refractivity contribution is 7.19. The van der Waals surface area contributed by atoms with E-state index in [0.717, 1.165) is 11.3 Å². The van der Waals surface area contributed by atoms with E-state index in [9.17, 15) is 18.0 Å². The highest BCUT2D eigenvalue weighted by Gasteiger charge is 2.38. The average Bonchev–Trinajstić information content (AvgIpc) is 2.76. The zero-order valence-electron chi connectivity index (χ0n) is 10.2. The van der Waals surface area contributed by atoms with Gasteiger partial charge in [-0.25, -0.2) is 0 Å². The Hall–Kier alpha value is -1.53. The first-order valence-corrected chi connectivity index (χ1v) is 6.66. The molecule has 1 heterocycles. The van der Waals surface area contributed by atoms with Crippen molar-refractivity contribution in [1.82, 2.24) is 0 Å². The Morgan fingerprint density at radius 3 is 2.45 bits per heavy atom. The van der Waals surface area contributed by atoms with Crippen molar-refractivity contribution in [2.45, 2.75) is 13.1 Å². The number of benzene rings is 1. The molecule has 0 aliphatic rings. The number of alkyl halides is 3. The van der Waals surface area contributed by atoms with Gasteiger partial charge in [-0.3, -0.25) is 4.79 Å². The number of halogens is 4. The van der Waals surface area contributed by atoms with Gasteiger partial charge in [-0.2, -0.15) is 13.2 Å². The molecule has 20 heavy (non-hydrogen) atoms. The Morgan fingerprint density at radius 2 is 2.00 bits per heavy atom. The van der Waals surface area contributed by atoms with Crippen LogP contribution >= 0.6 is 22.9 Å². The molecule has 0 fully saturated rings. The summed E-state index contributed by atoms with van der Waals surface area (Å²) in [7, 11) is 0. The van der Waals surface area contributed by atoms with Gasteiger partial charge >= 0.3 is 6.18 Å². The normalized spacial score (nSPS) is 11.7. The zero-order chi connectivity index (χ0) is 15.1. The maximum atomic E-state index is 13.3. The Labute approximate surface area is 122 Å². The molecule has 7 heteroatoms. The number of carbonyl (C=O) groups is 1. The number of anilines is 1. The van der Waals surface area contributed by atoms with Crippen molar-refractivity contribution in [3.63, 3.8) is 0 Å². The zero-order valence-corrected chi connectivity index (χ0v) is 11.8. The van der Waals surface area contributed by atoms with E-state index in [1.165, 1.54) is 25.1 Å². The van der Waals surface area contributed by atoms with Crippen molar-refractivity contribution in [3.8, 4) is 10.4 Å². The lowest BCUT2D eigenvalue weighted by molar-refractivity contribution is -0.137. The number of nitrogens with two attached hydrogens (primary N) is 1. The van der Waals surface area contributed by atoms with Gasteiger partial charge in [0, 0.05) is 16.0 Å². The van der Waals surface area contributed by atoms with Crippen LogP contribution in [0.2, 0.25) is 5.02 Å². The van der Waals surface area contributed by atoms with Crippen LogP contribution in [0.15, 0.2) is 18.2 Å². The van der Waals surface area contributed by atoms with Crippen LogP contribution in [0.3, 0.4) is 0 Å². The van der Waals surface area contributed by atoms with Crippen molar-refractivity contribution in [2.75, 3.05) is 5.73 Å². The second-order valence-electron chi connectivity index (χ2n) is 4.16. The van der Waals surface area contributed by atoms with Gasteiger partial charge < -0.3 is 5.73 Å². The minimum Gasteiger partial charge on any atom is -0.391 e. The van der Waals surface area contributed by atoms with Gasteiger partial charge in [0.2, 0.25) is 0 Å². The highest BCUT2D eigenvalue weighted by atomic mass is 35.5. The summed E-state index contributed by atoms with van der Waals surface area (Å²) in [6.07, 6.45) is -4.34. The molecule has 2 N–H and O–H groups in total. The van der Waals surface area contributed by atoms with Gasteiger partial charge in [-0.1, -0.05) is 11.6 Å². The minimum atomic E-state index is -4.66. The number of aldehydes is 1. The summed E-state index contributed by atoms with van der Waals surface area (Å²) in [5.74, 6) is 0. The molecule has 1 aromatic heterocycles.